The van der Waals surface area contributed by atoms with Crippen molar-refractivity contribution in [3.63, 3.8) is 0 Å². The van der Waals surface area contributed by atoms with Gasteiger partial charge in [0.25, 0.3) is 0 Å². The van der Waals surface area contributed by atoms with E-state index in [1.54, 1.807) is 6.26 Å². The minimum absolute atomic E-state index is 0.276. The van der Waals surface area contributed by atoms with Gasteiger partial charge in [-0.25, -0.2) is 0 Å². The zero-order chi connectivity index (χ0) is 9.86. The molecule has 1 unspecified atom stereocenters. The Balaban J connectivity index is 2.04. The van der Waals surface area contributed by atoms with E-state index in [0.717, 1.165) is 32.6 Å². The maximum Gasteiger partial charge on any atom is 0.0934 e. The molecule has 78 valence electrons. The predicted octanol–water partition coefficient (Wildman–Crippen LogP) is 1.45. The SMILES string of the molecule is CNCC1(Cc2ccoc2)CCOC1. The van der Waals surface area contributed by atoms with Crippen molar-refractivity contribution in [2.24, 2.45) is 5.41 Å². The van der Waals surface area contributed by atoms with Gasteiger partial charge in [0.1, 0.15) is 0 Å². The second-order valence-corrected chi connectivity index (χ2v) is 4.14. The van der Waals surface area contributed by atoms with Crippen LogP contribution in [0.25, 0.3) is 0 Å². The summed E-state index contributed by atoms with van der Waals surface area (Å²) >= 11 is 0. The molecule has 3 heteroatoms. The highest BCUT2D eigenvalue weighted by atomic mass is 16.5. The van der Waals surface area contributed by atoms with Crippen LogP contribution in [0.1, 0.15) is 12.0 Å². The van der Waals surface area contributed by atoms with E-state index < -0.39 is 0 Å². The average molecular weight is 195 g/mol. The number of furan rings is 1. The summed E-state index contributed by atoms with van der Waals surface area (Å²) in [7, 11) is 2.00. The zero-order valence-electron chi connectivity index (χ0n) is 8.58. The highest BCUT2D eigenvalue weighted by Gasteiger charge is 2.34. The van der Waals surface area contributed by atoms with Crippen LogP contribution in [0, 0.1) is 5.41 Å². The Kier molecular flexibility index (Phi) is 2.89. The van der Waals surface area contributed by atoms with E-state index in [1.165, 1.54) is 5.56 Å². The van der Waals surface area contributed by atoms with Gasteiger partial charge < -0.3 is 14.5 Å². The molecule has 1 saturated heterocycles. The first-order chi connectivity index (χ1) is 6.85. The van der Waals surface area contributed by atoms with Gasteiger partial charge in [0.15, 0.2) is 0 Å². The van der Waals surface area contributed by atoms with Crippen molar-refractivity contribution in [3.05, 3.63) is 24.2 Å². The molecule has 14 heavy (non-hydrogen) atoms. The lowest BCUT2D eigenvalue weighted by atomic mass is 9.81. The molecule has 1 N–H and O–H groups in total. The summed E-state index contributed by atoms with van der Waals surface area (Å²) in [5.41, 5.74) is 1.55. The van der Waals surface area contributed by atoms with E-state index >= 15 is 0 Å². The minimum atomic E-state index is 0.276. The monoisotopic (exact) mass is 195 g/mol. The molecule has 3 nitrogen and oxygen atoms in total. The van der Waals surface area contributed by atoms with Crippen LogP contribution in [0.3, 0.4) is 0 Å². The second kappa shape index (κ2) is 4.15. The summed E-state index contributed by atoms with van der Waals surface area (Å²) in [5, 5.41) is 3.25. The molecule has 1 aliphatic rings. The van der Waals surface area contributed by atoms with Crippen LogP contribution in [0.2, 0.25) is 0 Å². The quantitative estimate of drug-likeness (QED) is 0.789. The molecule has 0 aliphatic carbocycles. The first kappa shape index (κ1) is 9.74. The van der Waals surface area contributed by atoms with Gasteiger partial charge in [-0.3, -0.25) is 0 Å². The van der Waals surface area contributed by atoms with E-state index in [2.05, 4.69) is 5.32 Å². The predicted molar refractivity (Wildman–Crippen MR) is 54.2 cm³/mol. The first-order valence-corrected chi connectivity index (χ1v) is 5.08. The maximum absolute atomic E-state index is 5.49. The molecule has 1 aromatic rings. The summed E-state index contributed by atoms with van der Waals surface area (Å²) in [4.78, 5) is 0. The Morgan fingerprint density at radius 2 is 2.50 bits per heavy atom. The van der Waals surface area contributed by atoms with E-state index in [0.29, 0.717) is 0 Å². The van der Waals surface area contributed by atoms with Crippen molar-refractivity contribution >= 4 is 0 Å². The third kappa shape index (κ3) is 1.99. The summed E-state index contributed by atoms with van der Waals surface area (Å²) in [6.45, 7) is 2.76. The fourth-order valence-electron chi connectivity index (χ4n) is 2.19. The second-order valence-electron chi connectivity index (χ2n) is 4.14. The molecule has 0 spiro atoms. The molecule has 1 aliphatic heterocycles. The molecule has 2 heterocycles. The van der Waals surface area contributed by atoms with Crippen LogP contribution in [0.15, 0.2) is 23.0 Å². The standard InChI is InChI=1S/C11H17NO2/c1-12-8-11(3-5-14-9-11)6-10-2-4-13-7-10/h2,4,7,12H,3,5-6,8-9H2,1H3. The molecular weight excluding hydrogens is 178 g/mol. The third-order valence-electron chi connectivity index (χ3n) is 2.90. The van der Waals surface area contributed by atoms with Crippen molar-refractivity contribution in [2.45, 2.75) is 12.8 Å². The van der Waals surface area contributed by atoms with Gasteiger partial charge >= 0.3 is 0 Å². The van der Waals surface area contributed by atoms with E-state index in [4.69, 9.17) is 9.15 Å². The van der Waals surface area contributed by atoms with Gasteiger partial charge in [0.05, 0.1) is 19.1 Å². The highest BCUT2D eigenvalue weighted by Crippen LogP contribution is 2.32. The molecule has 0 radical (unpaired) electrons. The summed E-state index contributed by atoms with van der Waals surface area (Å²) in [5.74, 6) is 0. The molecule has 2 rings (SSSR count). The first-order valence-electron chi connectivity index (χ1n) is 5.08. The fraction of sp³-hybridized carbons (Fsp3) is 0.636. The van der Waals surface area contributed by atoms with Crippen LogP contribution < -0.4 is 5.32 Å². The number of nitrogens with one attached hydrogen (secondary N) is 1. The van der Waals surface area contributed by atoms with E-state index in [-0.39, 0.29) is 5.41 Å². The molecule has 0 bridgehead atoms. The van der Waals surface area contributed by atoms with E-state index in [1.807, 2.05) is 19.4 Å². The molecule has 1 atom stereocenters. The summed E-state index contributed by atoms with van der Waals surface area (Å²) in [6.07, 6.45) is 5.75. The number of hydrogen-bond acceptors (Lipinski definition) is 3. The topological polar surface area (TPSA) is 34.4 Å². The van der Waals surface area contributed by atoms with Gasteiger partial charge in [-0.15, -0.1) is 0 Å². The molecule has 0 saturated carbocycles. The van der Waals surface area contributed by atoms with Crippen molar-refractivity contribution in [2.75, 3.05) is 26.8 Å². The minimum Gasteiger partial charge on any atom is -0.472 e. The third-order valence-corrected chi connectivity index (χ3v) is 2.90. The molecule has 0 aromatic carbocycles. The van der Waals surface area contributed by atoms with Gasteiger partial charge in [-0.2, -0.15) is 0 Å². The maximum atomic E-state index is 5.49. The van der Waals surface area contributed by atoms with Crippen molar-refractivity contribution < 1.29 is 9.15 Å². The lowest BCUT2D eigenvalue weighted by Crippen LogP contribution is -2.35. The molecule has 1 fully saturated rings. The van der Waals surface area contributed by atoms with Crippen molar-refractivity contribution in [1.82, 2.24) is 5.32 Å². The number of ether oxygens (including phenoxy) is 1. The fourth-order valence-corrected chi connectivity index (χ4v) is 2.19. The van der Waals surface area contributed by atoms with Crippen molar-refractivity contribution in [3.8, 4) is 0 Å². The summed E-state index contributed by atoms with van der Waals surface area (Å²) in [6, 6.07) is 2.04. The van der Waals surface area contributed by atoms with Crippen LogP contribution in [-0.4, -0.2) is 26.8 Å². The largest absolute Gasteiger partial charge is 0.472 e. The highest BCUT2D eigenvalue weighted by molar-refractivity contribution is 5.10. The van der Waals surface area contributed by atoms with Crippen molar-refractivity contribution in [1.29, 1.82) is 0 Å². The Labute approximate surface area is 84.4 Å². The van der Waals surface area contributed by atoms with Crippen LogP contribution >= 0.6 is 0 Å². The molecule has 1 aromatic heterocycles. The molecular formula is C11H17NO2. The van der Waals surface area contributed by atoms with Gasteiger partial charge in [-0.1, -0.05) is 0 Å². The Morgan fingerprint density at radius 1 is 1.57 bits per heavy atom. The normalized spacial score (nSPS) is 26.9. The van der Waals surface area contributed by atoms with E-state index in [9.17, 15) is 0 Å². The lowest BCUT2D eigenvalue weighted by Gasteiger charge is -2.26. The van der Waals surface area contributed by atoms with Gasteiger partial charge in [-0.05, 0) is 31.5 Å². The Hall–Kier alpha value is -0.800. The number of rotatable bonds is 4. The smallest absolute Gasteiger partial charge is 0.0934 e. The average Bonchev–Trinajstić information content (AvgIpc) is 2.78. The lowest BCUT2D eigenvalue weighted by molar-refractivity contribution is 0.150. The molecule has 0 amide bonds. The van der Waals surface area contributed by atoms with Crippen LogP contribution in [0.4, 0.5) is 0 Å². The van der Waals surface area contributed by atoms with Gasteiger partial charge in [0.2, 0.25) is 0 Å². The van der Waals surface area contributed by atoms with Gasteiger partial charge in [0, 0.05) is 18.6 Å². The number of hydrogen-bond donors (Lipinski definition) is 1. The zero-order valence-corrected chi connectivity index (χ0v) is 8.58. The van der Waals surface area contributed by atoms with Crippen LogP contribution in [-0.2, 0) is 11.2 Å². The summed E-state index contributed by atoms with van der Waals surface area (Å²) < 4.78 is 10.6. The van der Waals surface area contributed by atoms with Crippen LogP contribution in [0.5, 0.6) is 0 Å². The Morgan fingerprint density at radius 3 is 3.07 bits per heavy atom. The Bertz CT molecular complexity index is 263.